The van der Waals surface area contributed by atoms with E-state index in [2.05, 4.69) is 10.3 Å². The van der Waals surface area contributed by atoms with Crippen molar-refractivity contribution in [2.24, 2.45) is 0 Å². The lowest BCUT2D eigenvalue weighted by Crippen LogP contribution is -2.24. The number of carbonyl (C=O) groups excluding carboxylic acids is 1. The van der Waals surface area contributed by atoms with Crippen molar-refractivity contribution in [3.63, 3.8) is 0 Å². The van der Waals surface area contributed by atoms with Gasteiger partial charge in [0.2, 0.25) is 0 Å². The average molecular weight is 451 g/mol. The van der Waals surface area contributed by atoms with Gasteiger partial charge in [-0.05, 0) is 36.8 Å². The van der Waals surface area contributed by atoms with Gasteiger partial charge in [-0.25, -0.2) is 4.98 Å². The molecule has 0 bridgehead atoms. The molecule has 2 aromatic carbocycles. The Kier molecular flexibility index (Phi) is 7.36. The van der Waals surface area contributed by atoms with Crippen LogP contribution >= 0.6 is 34.5 Å². The van der Waals surface area contributed by atoms with Crippen LogP contribution in [0.1, 0.15) is 29.4 Å². The van der Waals surface area contributed by atoms with E-state index in [1.165, 1.54) is 11.3 Å². The van der Waals surface area contributed by atoms with Crippen LogP contribution < -0.4 is 14.8 Å². The second-order valence-corrected chi connectivity index (χ2v) is 7.89. The maximum atomic E-state index is 12.1. The number of amides is 1. The van der Waals surface area contributed by atoms with Gasteiger partial charge in [0.25, 0.3) is 5.91 Å². The summed E-state index contributed by atoms with van der Waals surface area (Å²) in [4.78, 5) is 16.5. The van der Waals surface area contributed by atoms with Gasteiger partial charge in [-0.1, -0.05) is 36.2 Å². The zero-order valence-electron chi connectivity index (χ0n) is 16.0. The Morgan fingerprint density at radius 1 is 1.17 bits per heavy atom. The Bertz CT molecular complexity index is 1010. The quantitative estimate of drug-likeness (QED) is 0.467. The number of benzene rings is 2. The Balaban J connectivity index is 1.75. The van der Waals surface area contributed by atoms with Crippen LogP contribution in [0.5, 0.6) is 11.5 Å². The molecule has 1 heterocycles. The van der Waals surface area contributed by atoms with Gasteiger partial charge < -0.3 is 14.8 Å². The normalized spacial score (nSPS) is 10.6. The minimum Gasteiger partial charge on any atom is -0.493 e. The summed E-state index contributed by atoms with van der Waals surface area (Å²) < 4.78 is 11.4. The molecule has 1 aromatic heterocycles. The number of nitrogens with zero attached hydrogens (tertiary/aromatic N) is 1. The predicted octanol–water partition coefficient (Wildman–Crippen LogP) is 5.84. The molecule has 0 spiro atoms. The summed E-state index contributed by atoms with van der Waals surface area (Å²) in [5.41, 5.74) is 2.08. The fourth-order valence-electron chi connectivity index (χ4n) is 2.55. The molecule has 0 aliphatic heterocycles. The van der Waals surface area contributed by atoms with Gasteiger partial charge in [0.15, 0.2) is 11.5 Å². The molecule has 152 valence electrons. The number of carbonyl (C=O) groups is 1. The van der Waals surface area contributed by atoms with Gasteiger partial charge in [-0.3, -0.25) is 4.79 Å². The van der Waals surface area contributed by atoms with Crippen LogP contribution in [-0.4, -0.2) is 24.5 Å². The topological polar surface area (TPSA) is 60.5 Å². The number of halogens is 2. The van der Waals surface area contributed by atoms with E-state index >= 15 is 0 Å². The number of nitrogens with one attached hydrogen (secondary N) is 1. The van der Waals surface area contributed by atoms with Crippen LogP contribution in [0.15, 0.2) is 41.8 Å². The summed E-state index contributed by atoms with van der Waals surface area (Å²) >= 11 is 13.5. The highest BCUT2D eigenvalue weighted by Crippen LogP contribution is 2.34. The van der Waals surface area contributed by atoms with Crippen LogP contribution in [0.3, 0.4) is 0 Å². The molecule has 1 N–H and O–H groups in total. The lowest BCUT2D eigenvalue weighted by Gasteiger charge is -2.12. The lowest BCUT2D eigenvalue weighted by atomic mass is 10.2. The number of aromatic nitrogens is 1. The highest BCUT2D eigenvalue weighted by Gasteiger charge is 2.14. The second-order valence-electron chi connectivity index (χ2n) is 6.18. The summed E-state index contributed by atoms with van der Waals surface area (Å²) in [5.74, 6) is 0.987. The molecule has 3 rings (SSSR count). The Morgan fingerprint density at radius 2 is 2.00 bits per heavy atom. The van der Waals surface area contributed by atoms with Crippen LogP contribution in [0, 0.1) is 0 Å². The summed E-state index contributed by atoms with van der Waals surface area (Å²) in [5, 5.41) is 6.43. The van der Waals surface area contributed by atoms with Gasteiger partial charge in [0, 0.05) is 33.1 Å². The summed E-state index contributed by atoms with van der Waals surface area (Å²) in [6.45, 7) is 2.91. The van der Waals surface area contributed by atoms with Crippen LogP contribution in [0.4, 0.5) is 0 Å². The highest BCUT2D eigenvalue weighted by atomic mass is 35.5. The summed E-state index contributed by atoms with van der Waals surface area (Å²) in [6.07, 6.45) is 0.878. The van der Waals surface area contributed by atoms with Gasteiger partial charge in [0.1, 0.15) is 17.3 Å². The van der Waals surface area contributed by atoms with Gasteiger partial charge in [0.05, 0.1) is 7.11 Å². The van der Waals surface area contributed by atoms with Crippen molar-refractivity contribution in [3.05, 3.63) is 63.1 Å². The largest absolute Gasteiger partial charge is 0.493 e. The molecule has 0 fully saturated rings. The molecule has 0 aliphatic carbocycles. The van der Waals surface area contributed by atoms with Gasteiger partial charge >= 0.3 is 0 Å². The number of hydrogen-bond donors (Lipinski definition) is 1. The van der Waals surface area contributed by atoms with Crippen molar-refractivity contribution in [1.82, 2.24) is 10.3 Å². The maximum Gasteiger partial charge on any atom is 0.270 e. The van der Waals surface area contributed by atoms with Crippen LogP contribution in [0.25, 0.3) is 10.6 Å². The molecule has 5 nitrogen and oxygen atoms in total. The van der Waals surface area contributed by atoms with Crippen molar-refractivity contribution < 1.29 is 14.3 Å². The number of ether oxygens (including phenoxy) is 2. The van der Waals surface area contributed by atoms with Gasteiger partial charge in [-0.15, -0.1) is 11.3 Å². The van der Waals surface area contributed by atoms with Crippen molar-refractivity contribution in [2.45, 2.75) is 20.0 Å². The molecule has 0 aliphatic rings. The molecular formula is C21H20Cl2N2O3S. The fourth-order valence-corrected chi connectivity index (χ4v) is 3.81. The lowest BCUT2D eigenvalue weighted by molar-refractivity contribution is 0.0949. The fraction of sp³-hybridized carbons (Fsp3) is 0.238. The molecule has 0 radical (unpaired) electrons. The minimum atomic E-state index is -0.166. The molecule has 0 unspecified atom stereocenters. The minimum absolute atomic E-state index is 0.166. The third kappa shape index (κ3) is 5.41. The Morgan fingerprint density at radius 3 is 2.72 bits per heavy atom. The van der Waals surface area contributed by atoms with Gasteiger partial charge in [-0.2, -0.15) is 0 Å². The van der Waals surface area contributed by atoms with Crippen molar-refractivity contribution in [2.75, 3.05) is 13.7 Å². The molecule has 0 atom stereocenters. The van der Waals surface area contributed by atoms with E-state index in [0.717, 1.165) is 22.6 Å². The van der Waals surface area contributed by atoms with E-state index in [0.29, 0.717) is 33.8 Å². The first-order valence-corrected chi connectivity index (χ1v) is 10.6. The first-order valence-electron chi connectivity index (χ1n) is 9.00. The Labute approximate surface area is 183 Å². The first kappa shape index (κ1) is 21.4. The summed E-state index contributed by atoms with van der Waals surface area (Å²) in [7, 11) is 1.58. The molecule has 3 aromatic rings. The van der Waals surface area contributed by atoms with E-state index in [-0.39, 0.29) is 12.5 Å². The van der Waals surface area contributed by atoms with E-state index in [1.54, 1.807) is 24.6 Å². The van der Waals surface area contributed by atoms with E-state index in [1.807, 2.05) is 31.2 Å². The first-order chi connectivity index (χ1) is 14.0. The molecule has 0 saturated carbocycles. The smallest absolute Gasteiger partial charge is 0.270 e. The highest BCUT2D eigenvalue weighted by molar-refractivity contribution is 7.13. The molecule has 0 saturated heterocycles. The van der Waals surface area contributed by atoms with Crippen LogP contribution in [0.2, 0.25) is 10.0 Å². The molecule has 29 heavy (non-hydrogen) atoms. The van der Waals surface area contributed by atoms with E-state index in [4.69, 9.17) is 32.7 Å². The molecule has 8 heteroatoms. The maximum absolute atomic E-state index is 12.1. The third-order valence-corrected chi connectivity index (χ3v) is 5.56. The number of rotatable bonds is 8. The second kappa shape index (κ2) is 9.96. The predicted molar refractivity (Wildman–Crippen MR) is 118 cm³/mol. The average Bonchev–Trinajstić information content (AvgIpc) is 3.21. The van der Waals surface area contributed by atoms with Crippen molar-refractivity contribution in [3.8, 4) is 22.1 Å². The SMILES string of the molecule is CCCNC(=O)c1csc(-c2ccc(OCc3ccc(Cl)cc3Cl)c(OC)c2)n1. The molecular weight excluding hydrogens is 431 g/mol. The zero-order valence-corrected chi connectivity index (χ0v) is 18.3. The number of methoxy groups -OCH3 is 1. The standard InChI is InChI=1S/C21H20Cl2N2O3S/c1-3-8-24-20(26)17-12-29-21(25-17)13-5-7-18(19(9-13)27-2)28-11-14-4-6-15(22)10-16(14)23/h4-7,9-10,12H,3,8,11H2,1-2H3,(H,24,26). The zero-order chi connectivity index (χ0) is 20.8. The number of thiazole rings is 1. The van der Waals surface area contributed by atoms with E-state index in [9.17, 15) is 4.79 Å². The number of hydrogen-bond acceptors (Lipinski definition) is 5. The monoisotopic (exact) mass is 450 g/mol. The van der Waals surface area contributed by atoms with E-state index < -0.39 is 0 Å². The summed E-state index contributed by atoms with van der Waals surface area (Å²) in [6, 6.07) is 10.8. The molecule has 1 amide bonds. The van der Waals surface area contributed by atoms with Crippen molar-refractivity contribution in [1.29, 1.82) is 0 Å². The van der Waals surface area contributed by atoms with Crippen LogP contribution in [-0.2, 0) is 6.61 Å². The Hall–Kier alpha value is -2.28. The van der Waals surface area contributed by atoms with Crippen molar-refractivity contribution >= 4 is 40.4 Å². The third-order valence-electron chi connectivity index (χ3n) is 4.08.